The molecular weight excluding hydrogens is 170 g/mol. The number of allylic oxidation sites excluding steroid dienone is 3. The smallest absolute Gasteiger partial charge is 0.0451 e. The van der Waals surface area contributed by atoms with Crippen LogP contribution in [-0.2, 0) is 0 Å². The topological polar surface area (TPSA) is 14.1 Å². The van der Waals surface area contributed by atoms with Gasteiger partial charge in [-0.25, -0.2) is 0 Å². The van der Waals surface area contributed by atoms with Crippen LogP contribution < -0.4 is 5.32 Å². The summed E-state index contributed by atoms with van der Waals surface area (Å²) in [6.07, 6.45) is 3.95. The van der Waals surface area contributed by atoms with Crippen LogP contribution in [0.3, 0.4) is 0 Å². The Hall–Kier alpha value is -1.50. The standard InChI is InChI=1S/C13H14N/c1-9-5-4-6-12(10(9)2)13-7-8-14-11(13)3/h4-8H,1-3H3. The van der Waals surface area contributed by atoms with Crippen molar-refractivity contribution >= 4 is 5.57 Å². The molecule has 0 saturated carbocycles. The van der Waals surface area contributed by atoms with Crippen LogP contribution in [-0.4, -0.2) is 0 Å². The Kier molecular flexibility index (Phi) is 2.16. The fraction of sp³-hybridized carbons (Fsp3) is 0.231. The quantitative estimate of drug-likeness (QED) is 0.636. The van der Waals surface area contributed by atoms with Crippen LogP contribution in [0.25, 0.3) is 5.57 Å². The summed E-state index contributed by atoms with van der Waals surface area (Å²) in [6.45, 7) is 6.36. The Balaban J connectivity index is 2.57. The average Bonchev–Trinajstić information content (AvgIpc) is 2.57. The third kappa shape index (κ3) is 1.35. The summed E-state index contributed by atoms with van der Waals surface area (Å²) in [7, 11) is 0. The van der Waals surface area contributed by atoms with Crippen molar-refractivity contribution in [3.63, 3.8) is 0 Å². The predicted molar refractivity (Wildman–Crippen MR) is 59.8 cm³/mol. The molecule has 2 rings (SSSR count). The van der Waals surface area contributed by atoms with Gasteiger partial charge in [0.15, 0.2) is 0 Å². The van der Waals surface area contributed by atoms with Crippen molar-refractivity contribution in [2.75, 3.05) is 0 Å². The van der Waals surface area contributed by atoms with Gasteiger partial charge in [0, 0.05) is 17.5 Å². The second-order valence-corrected chi connectivity index (χ2v) is 3.69. The van der Waals surface area contributed by atoms with Crippen LogP contribution in [0.15, 0.2) is 36.2 Å². The lowest BCUT2D eigenvalue weighted by atomic mass is 9.96. The van der Waals surface area contributed by atoms with Crippen LogP contribution in [0.4, 0.5) is 0 Å². The molecule has 1 radical (unpaired) electrons. The highest BCUT2D eigenvalue weighted by molar-refractivity contribution is 5.80. The minimum atomic E-state index is 1.11. The van der Waals surface area contributed by atoms with Crippen molar-refractivity contribution in [1.82, 2.24) is 5.32 Å². The Bertz CT molecular complexity index is 425. The van der Waals surface area contributed by atoms with Gasteiger partial charge in [0.25, 0.3) is 0 Å². The zero-order valence-electron chi connectivity index (χ0n) is 8.83. The summed E-state index contributed by atoms with van der Waals surface area (Å²) in [5.41, 5.74) is 6.36. The molecule has 1 aliphatic heterocycles. The Morgan fingerprint density at radius 1 is 1.07 bits per heavy atom. The highest BCUT2D eigenvalue weighted by Gasteiger charge is 2.10. The van der Waals surface area contributed by atoms with Gasteiger partial charge in [0.2, 0.25) is 0 Å². The maximum atomic E-state index is 4.26. The van der Waals surface area contributed by atoms with Gasteiger partial charge in [0.1, 0.15) is 0 Å². The van der Waals surface area contributed by atoms with E-state index in [0.717, 1.165) is 5.70 Å². The summed E-state index contributed by atoms with van der Waals surface area (Å²) in [4.78, 5) is 0. The predicted octanol–water partition coefficient (Wildman–Crippen LogP) is 3.17. The van der Waals surface area contributed by atoms with E-state index in [4.69, 9.17) is 0 Å². The number of hydrogen-bond donors (Lipinski definition) is 0. The molecule has 71 valence electrons. The SMILES string of the molecule is CC1=C(c2cccc(C)c2C)C=C[N]1. The normalized spacial score (nSPS) is 14.8. The van der Waals surface area contributed by atoms with E-state index < -0.39 is 0 Å². The molecule has 1 aromatic carbocycles. The lowest BCUT2D eigenvalue weighted by Crippen LogP contribution is -1.92. The first kappa shape index (κ1) is 9.07. The molecule has 14 heavy (non-hydrogen) atoms. The van der Waals surface area contributed by atoms with Gasteiger partial charge in [-0.2, -0.15) is 0 Å². The monoisotopic (exact) mass is 184 g/mol. The summed E-state index contributed by atoms with van der Waals surface area (Å²) in [5, 5.41) is 4.26. The fourth-order valence-electron chi connectivity index (χ4n) is 1.74. The van der Waals surface area contributed by atoms with E-state index in [-0.39, 0.29) is 0 Å². The summed E-state index contributed by atoms with van der Waals surface area (Å²) in [6, 6.07) is 6.40. The van der Waals surface area contributed by atoms with Gasteiger partial charge in [-0.3, -0.25) is 5.32 Å². The molecule has 1 nitrogen and oxygen atoms in total. The summed E-state index contributed by atoms with van der Waals surface area (Å²) < 4.78 is 0. The van der Waals surface area contributed by atoms with E-state index in [0.29, 0.717) is 0 Å². The number of aryl methyl sites for hydroxylation is 1. The largest absolute Gasteiger partial charge is 0.261 e. The molecule has 0 unspecified atom stereocenters. The zero-order chi connectivity index (χ0) is 10.1. The summed E-state index contributed by atoms with van der Waals surface area (Å²) in [5.74, 6) is 0. The van der Waals surface area contributed by atoms with Gasteiger partial charge in [0.05, 0.1) is 0 Å². The van der Waals surface area contributed by atoms with Crippen LogP contribution in [0.2, 0.25) is 0 Å². The highest BCUT2D eigenvalue weighted by atomic mass is 14.9. The van der Waals surface area contributed by atoms with E-state index in [1.165, 1.54) is 22.3 Å². The summed E-state index contributed by atoms with van der Waals surface area (Å²) >= 11 is 0. The third-order valence-electron chi connectivity index (χ3n) is 2.79. The average molecular weight is 184 g/mol. The molecular formula is C13H14N. The molecule has 0 spiro atoms. The van der Waals surface area contributed by atoms with Gasteiger partial charge < -0.3 is 0 Å². The van der Waals surface area contributed by atoms with Gasteiger partial charge in [-0.15, -0.1) is 0 Å². The maximum Gasteiger partial charge on any atom is 0.0451 e. The molecule has 1 aliphatic rings. The Morgan fingerprint density at radius 3 is 2.50 bits per heavy atom. The first-order valence-electron chi connectivity index (χ1n) is 4.85. The van der Waals surface area contributed by atoms with Crippen molar-refractivity contribution in [3.05, 3.63) is 52.9 Å². The van der Waals surface area contributed by atoms with Crippen LogP contribution >= 0.6 is 0 Å². The minimum absolute atomic E-state index is 1.11. The van der Waals surface area contributed by atoms with E-state index in [1.54, 1.807) is 0 Å². The van der Waals surface area contributed by atoms with Crippen LogP contribution in [0, 0.1) is 13.8 Å². The molecule has 1 heterocycles. The molecule has 1 heteroatoms. The second kappa shape index (κ2) is 3.33. The first-order chi connectivity index (χ1) is 6.70. The lowest BCUT2D eigenvalue weighted by molar-refractivity contribution is 1.07. The Morgan fingerprint density at radius 2 is 1.86 bits per heavy atom. The van der Waals surface area contributed by atoms with E-state index in [2.05, 4.69) is 50.4 Å². The van der Waals surface area contributed by atoms with Crippen molar-refractivity contribution in [2.45, 2.75) is 20.8 Å². The van der Waals surface area contributed by atoms with Crippen molar-refractivity contribution in [2.24, 2.45) is 0 Å². The molecule has 0 saturated heterocycles. The van der Waals surface area contributed by atoms with Gasteiger partial charge in [-0.05, 0) is 43.5 Å². The molecule has 0 atom stereocenters. The molecule has 0 aliphatic carbocycles. The fourth-order valence-corrected chi connectivity index (χ4v) is 1.74. The zero-order valence-corrected chi connectivity index (χ0v) is 8.83. The van der Waals surface area contributed by atoms with Crippen LogP contribution in [0.1, 0.15) is 23.6 Å². The number of rotatable bonds is 1. The van der Waals surface area contributed by atoms with E-state index in [1.807, 2.05) is 6.20 Å². The van der Waals surface area contributed by atoms with Crippen molar-refractivity contribution in [1.29, 1.82) is 0 Å². The van der Waals surface area contributed by atoms with E-state index >= 15 is 0 Å². The third-order valence-corrected chi connectivity index (χ3v) is 2.79. The molecule has 0 amide bonds. The number of benzene rings is 1. The Labute approximate surface area is 85.2 Å². The van der Waals surface area contributed by atoms with Crippen molar-refractivity contribution in [3.8, 4) is 0 Å². The number of hydrogen-bond acceptors (Lipinski definition) is 0. The number of nitrogens with zero attached hydrogens (tertiary/aromatic N) is 1. The molecule has 1 aromatic rings. The van der Waals surface area contributed by atoms with Gasteiger partial charge in [-0.1, -0.05) is 18.2 Å². The molecule has 0 fully saturated rings. The van der Waals surface area contributed by atoms with Gasteiger partial charge >= 0.3 is 0 Å². The minimum Gasteiger partial charge on any atom is -0.261 e. The molecule has 0 N–H and O–H groups in total. The second-order valence-electron chi connectivity index (χ2n) is 3.69. The maximum absolute atomic E-state index is 4.26. The first-order valence-corrected chi connectivity index (χ1v) is 4.85. The van der Waals surface area contributed by atoms with Crippen molar-refractivity contribution < 1.29 is 0 Å². The lowest BCUT2D eigenvalue weighted by Gasteiger charge is -2.08. The van der Waals surface area contributed by atoms with E-state index in [9.17, 15) is 0 Å². The molecule has 0 bridgehead atoms. The highest BCUT2D eigenvalue weighted by Crippen LogP contribution is 2.27. The van der Waals surface area contributed by atoms with Crippen LogP contribution in [0.5, 0.6) is 0 Å². The molecule has 0 aromatic heterocycles.